The molecular formula is C20H21N5O3S2. The number of hydrogen-bond acceptors (Lipinski definition) is 5. The van der Waals surface area contributed by atoms with E-state index >= 15 is 0 Å². The highest BCUT2D eigenvalue weighted by atomic mass is 32.2. The minimum Gasteiger partial charge on any atom is -0.495 e. The van der Waals surface area contributed by atoms with Crippen LogP contribution in [-0.4, -0.2) is 36.9 Å². The molecule has 0 unspecified atom stereocenters. The highest BCUT2D eigenvalue weighted by Crippen LogP contribution is 2.42. The Kier molecular flexibility index (Phi) is 5.35. The largest absolute Gasteiger partial charge is 0.495 e. The molecule has 10 heteroatoms. The van der Waals surface area contributed by atoms with Crippen LogP contribution >= 0.6 is 12.2 Å². The molecule has 1 aromatic carbocycles. The van der Waals surface area contributed by atoms with E-state index in [2.05, 4.69) is 20.0 Å². The second-order valence-electron chi connectivity index (χ2n) is 6.88. The van der Waals surface area contributed by atoms with E-state index in [1.807, 2.05) is 47.5 Å². The number of rotatable bonds is 6. The maximum absolute atomic E-state index is 11.8. The lowest BCUT2D eigenvalue weighted by molar-refractivity contribution is 0.417. The van der Waals surface area contributed by atoms with E-state index in [0.29, 0.717) is 16.5 Å². The van der Waals surface area contributed by atoms with E-state index in [4.69, 9.17) is 17.0 Å². The number of benzene rings is 1. The molecule has 0 radical (unpaired) electrons. The Morgan fingerprint density at radius 1 is 1.20 bits per heavy atom. The van der Waals surface area contributed by atoms with Crippen LogP contribution in [0.4, 0.5) is 11.4 Å². The van der Waals surface area contributed by atoms with Gasteiger partial charge in [-0.2, -0.15) is 0 Å². The third-order valence-electron chi connectivity index (χ3n) is 4.80. The van der Waals surface area contributed by atoms with E-state index in [-0.39, 0.29) is 12.1 Å². The Morgan fingerprint density at radius 2 is 2.03 bits per heavy atom. The number of H-pyrrole nitrogens is 1. The number of ether oxygens (including phenoxy) is 1. The van der Waals surface area contributed by atoms with Gasteiger partial charge in [-0.05, 0) is 54.7 Å². The average Bonchev–Trinajstić information content (AvgIpc) is 3.35. The molecule has 1 saturated heterocycles. The molecule has 3 N–H and O–H groups in total. The molecule has 1 aliphatic heterocycles. The summed E-state index contributed by atoms with van der Waals surface area (Å²) in [6.45, 7) is 0. The van der Waals surface area contributed by atoms with Crippen molar-refractivity contribution in [1.82, 2.24) is 15.3 Å². The lowest BCUT2D eigenvalue weighted by Gasteiger charge is -2.27. The zero-order valence-corrected chi connectivity index (χ0v) is 18.0. The zero-order chi connectivity index (χ0) is 21.3. The molecule has 4 rings (SSSR count). The van der Waals surface area contributed by atoms with Gasteiger partial charge < -0.3 is 19.9 Å². The fourth-order valence-corrected chi connectivity index (χ4v) is 4.51. The smallest absolute Gasteiger partial charge is 0.229 e. The molecule has 1 fully saturated rings. The van der Waals surface area contributed by atoms with E-state index in [0.717, 1.165) is 23.3 Å². The van der Waals surface area contributed by atoms with Gasteiger partial charge in [0.1, 0.15) is 11.8 Å². The standard InChI is InChI=1S/C20H21N5O3S2/c1-28-17-9-8-13(12-16(17)24-30(2,26)27)25-19(15-7-5-11-22-15)18(23-20(25)29)14-6-3-4-10-21-14/h3-12,18-19,22,24H,1-2H3,(H,23,29)/t18-,19+/m1/s1. The number of aromatic nitrogens is 2. The van der Waals surface area contributed by atoms with Crippen LogP contribution in [0, 0.1) is 0 Å². The van der Waals surface area contributed by atoms with Crippen molar-refractivity contribution in [1.29, 1.82) is 0 Å². The predicted molar refractivity (Wildman–Crippen MR) is 120 cm³/mol. The van der Waals surface area contributed by atoms with Crippen molar-refractivity contribution in [3.05, 3.63) is 72.3 Å². The zero-order valence-electron chi connectivity index (χ0n) is 16.4. The van der Waals surface area contributed by atoms with Crippen LogP contribution in [-0.2, 0) is 10.0 Å². The van der Waals surface area contributed by atoms with Crippen molar-refractivity contribution in [2.24, 2.45) is 0 Å². The number of methoxy groups -OCH3 is 1. The summed E-state index contributed by atoms with van der Waals surface area (Å²) in [6.07, 6.45) is 4.70. The van der Waals surface area contributed by atoms with Crippen molar-refractivity contribution in [3.8, 4) is 5.75 Å². The maximum atomic E-state index is 11.8. The molecule has 0 amide bonds. The average molecular weight is 444 g/mol. The van der Waals surface area contributed by atoms with Crippen molar-refractivity contribution in [2.45, 2.75) is 12.1 Å². The molecule has 0 spiro atoms. The second-order valence-corrected chi connectivity index (χ2v) is 9.02. The summed E-state index contributed by atoms with van der Waals surface area (Å²) in [4.78, 5) is 9.72. The van der Waals surface area contributed by atoms with Gasteiger partial charge in [0.15, 0.2) is 5.11 Å². The summed E-state index contributed by atoms with van der Waals surface area (Å²) in [5, 5.41) is 3.87. The molecule has 3 heterocycles. The number of sulfonamides is 1. The van der Waals surface area contributed by atoms with Gasteiger partial charge in [0.25, 0.3) is 0 Å². The first kappa shape index (κ1) is 20.2. The number of nitrogens with zero attached hydrogens (tertiary/aromatic N) is 2. The van der Waals surface area contributed by atoms with Crippen molar-refractivity contribution in [3.63, 3.8) is 0 Å². The van der Waals surface area contributed by atoms with Gasteiger partial charge in [-0.15, -0.1) is 0 Å². The van der Waals surface area contributed by atoms with Gasteiger partial charge in [0, 0.05) is 23.8 Å². The van der Waals surface area contributed by atoms with Crippen LogP contribution in [0.15, 0.2) is 60.9 Å². The molecule has 156 valence electrons. The first-order chi connectivity index (χ1) is 14.4. The van der Waals surface area contributed by atoms with E-state index in [1.165, 1.54) is 7.11 Å². The summed E-state index contributed by atoms with van der Waals surface area (Å²) < 4.78 is 31.5. The molecule has 30 heavy (non-hydrogen) atoms. The summed E-state index contributed by atoms with van der Waals surface area (Å²) in [7, 11) is -2.00. The Morgan fingerprint density at radius 3 is 2.67 bits per heavy atom. The number of thiocarbonyl (C=S) groups is 1. The van der Waals surface area contributed by atoms with Crippen molar-refractivity contribution < 1.29 is 13.2 Å². The number of anilines is 2. The summed E-state index contributed by atoms with van der Waals surface area (Å²) in [5.41, 5.74) is 2.86. The summed E-state index contributed by atoms with van der Waals surface area (Å²) in [5.74, 6) is 0.417. The second kappa shape index (κ2) is 7.96. The normalized spacial score (nSPS) is 18.9. The van der Waals surface area contributed by atoms with Gasteiger partial charge >= 0.3 is 0 Å². The van der Waals surface area contributed by atoms with Crippen molar-refractivity contribution in [2.75, 3.05) is 23.0 Å². The first-order valence-electron chi connectivity index (χ1n) is 9.17. The van der Waals surface area contributed by atoms with Crippen LogP contribution in [0.5, 0.6) is 5.75 Å². The topological polar surface area (TPSA) is 99.3 Å². The molecule has 2 aromatic heterocycles. The molecule has 3 aromatic rings. The summed E-state index contributed by atoms with van der Waals surface area (Å²) in [6, 6.07) is 14.5. The molecule has 1 aliphatic rings. The van der Waals surface area contributed by atoms with Crippen molar-refractivity contribution >= 4 is 38.7 Å². The third kappa shape index (κ3) is 3.96. The molecule has 0 bridgehead atoms. The number of aromatic amines is 1. The quantitative estimate of drug-likeness (QED) is 0.504. The number of nitrogens with one attached hydrogen (secondary N) is 3. The van der Waals surface area contributed by atoms with Gasteiger partial charge in [-0.3, -0.25) is 9.71 Å². The lowest BCUT2D eigenvalue weighted by Crippen LogP contribution is -2.29. The molecule has 2 atom stereocenters. The minimum absolute atomic E-state index is 0.189. The van der Waals surface area contributed by atoms with Crippen LogP contribution < -0.4 is 19.7 Å². The Balaban J connectivity index is 1.80. The van der Waals surface area contributed by atoms with Gasteiger partial charge in [-0.25, -0.2) is 8.42 Å². The Hall–Kier alpha value is -3.11. The molecule has 8 nitrogen and oxygen atoms in total. The number of pyridine rings is 1. The van der Waals surface area contributed by atoms with Gasteiger partial charge in [0.05, 0.1) is 30.8 Å². The highest BCUT2D eigenvalue weighted by Gasteiger charge is 2.41. The van der Waals surface area contributed by atoms with Gasteiger partial charge in [0.2, 0.25) is 10.0 Å². The highest BCUT2D eigenvalue weighted by molar-refractivity contribution is 7.92. The van der Waals surface area contributed by atoms with E-state index < -0.39 is 10.0 Å². The van der Waals surface area contributed by atoms with Crippen LogP contribution in [0.1, 0.15) is 23.5 Å². The fourth-order valence-electron chi connectivity index (χ4n) is 3.60. The Labute approximate surface area is 180 Å². The minimum atomic E-state index is -3.49. The van der Waals surface area contributed by atoms with Crippen LogP contribution in [0.2, 0.25) is 0 Å². The first-order valence-corrected chi connectivity index (χ1v) is 11.5. The monoisotopic (exact) mass is 443 g/mol. The Bertz CT molecular complexity index is 1150. The predicted octanol–water partition coefficient (Wildman–Crippen LogP) is 2.97. The van der Waals surface area contributed by atoms with Gasteiger partial charge in [-0.1, -0.05) is 6.07 Å². The molecular weight excluding hydrogens is 422 g/mol. The van der Waals surface area contributed by atoms with Crippen LogP contribution in [0.3, 0.4) is 0 Å². The fraction of sp³-hybridized carbons (Fsp3) is 0.200. The van der Waals surface area contributed by atoms with E-state index in [1.54, 1.807) is 18.3 Å². The van der Waals surface area contributed by atoms with Crippen LogP contribution in [0.25, 0.3) is 0 Å². The molecule has 0 aliphatic carbocycles. The number of hydrogen-bond donors (Lipinski definition) is 3. The van der Waals surface area contributed by atoms with E-state index in [9.17, 15) is 8.42 Å². The third-order valence-corrected chi connectivity index (χ3v) is 5.70. The lowest BCUT2D eigenvalue weighted by atomic mass is 10.0. The summed E-state index contributed by atoms with van der Waals surface area (Å²) >= 11 is 5.67. The maximum Gasteiger partial charge on any atom is 0.229 e. The molecule has 0 saturated carbocycles. The SMILES string of the molecule is COc1ccc(N2C(=S)N[C@H](c3ccccn3)[C@@H]2c2ccc[nH]2)cc1NS(C)(=O)=O.